The number of fused-ring (bicyclic) bond motifs is 5. The average molecular weight is 385 g/mol. The standard InChI is InChI=1S/C28H48/c1-8-9-10-19(3)23-11-12-24-26-20(4)16-22-15-18(2)13-14-27(22,6)25(26)17-21(5)28(23,24)7/h18-21,23-25H,8-17H2,1-7H3. The third-order valence-electron chi connectivity index (χ3n) is 10.9. The molecule has 0 nitrogen and oxygen atoms in total. The predicted molar refractivity (Wildman–Crippen MR) is 122 cm³/mol. The highest BCUT2D eigenvalue weighted by Gasteiger charge is 2.64. The molecule has 4 fully saturated rings. The second-order valence-corrected chi connectivity index (χ2v) is 12.4. The van der Waals surface area contributed by atoms with Crippen LogP contribution in [0.25, 0.3) is 0 Å². The summed E-state index contributed by atoms with van der Waals surface area (Å²) in [6, 6.07) is 0. The summed E-state index contributed by atoms with van der Waals surface area (Å²) in [4.78, 5) is 0. The molecule has 0 N–H and O–H groups in total. The van der Waals surface area contributed by atoms with Crippen LogP contribution < -0.4 is 0 Å². The van der Waals surface area contributed by atoms with E-state index in [0.29, 0.717) is 10.8 Å². The number of hydrogen-bond donors (Lipinski definition) is 0. The van der Waals surface area contributed by atoms with E-state index < -0.39 is 0 Å². The monoisotopic (exact) mass is 384 g/mol. The summed E-state index contributed by atoms with van der Waals surface area (Å²) >= 11 is 0. The van der Waals surface area contributed by atoms with E-state index in [2.05, 4.69) is 54.4 Å². The van der Waals surface area contributed by atoms with Gasteiger partial charge in [0.15, 0.2) is 0 Å². The van der Waals surface area contributed by atoms with Crippen LogP contribution in [0.3, 0.4) is 0 Å². The Morgan fingerprint density at radius 1 is 1.00 bits per heavy atom. The van der Waals surface area contributed by atoms with Crippen molar-refractivity contribution >= 4 is 0 Å². The van der Waals surface area contributed by atoms with Crippen molar-refractivity contribution in [3.8, 4) is 0 Å². The lowest BCUT2D eigenvalue weighted by atomic mass is 9.40. The van der Waals surface area contributed by atoms with Gasteiger partial charge in [-0.2, -0.15) is 0 Å². The smallest absolute Gasteiger partial charge is 0.0139 e. The number of hydrogen-bond acceptors (Lipinski definition) is 0. The Labute approximate surface area is 177 Å². The third-order valence-corrected chi connectivity index (χ3v) is 10.9. The summed E-state index contributed by atoms with van der Waals surface area (Å²) in [5.74, 6) is 10.4. The van der Waals surface area contributed by atoms with E-state index >= 15 is 0 Å². The van der Waals surface area contributed by atoms with Gasteiger partial charge < -0.3 is 0 Å². The van der Waals surface area contributed by atoms with Crippen LogP contribution in [0.5, 0.6) is 0 Å². The normalized spacial score (nSPS) is 50.7. The summed E-state index contributed by atoms with van der Waals surface area (Å²) in [5.41, 5.74) is 1.11. The van der Waals surface area contributed by atoms with E-state index in [4.69, 9.17) is 0 Å². The highest BCUT2D eigenvalue weighted by Crippen LogP contribution is 2.72. The highest BCUT2D eigenvalue weighted by atomic mass is 14.7. The van der Waals surface area contributed by atoms with Gasteiger partial charge in [0.25, 0.3) is 0 Å². The topological polar surface area (TPSA) is 0 Å². The molecule has 28 heavy (non-hydrogen) atoms. The molecule has 0 bridgehead atoms. The molecule has 0 heterocycles. The fourth-order valence-electron chi connectivity index (χ4n) is 9.09. The predicted octanol–water partition coefficient (Wildman–Crippen LogP) is 8.52. The van der Waals surface area contributed by atoms with Crippen LogP contribution in [-0.4, -0.2) is 0 Å². The van der Waals surface area contributed by atoms with Gasteiger partial charge in [-0.15, -0.1) is 0 Å². The lowest BCUT2D eigenvalue weighted by Crippen LogP contribution is -2.57. The second kappa shape index (κ2) is 7.60. The largest absolute Gasteiger partial charge is 0.0654 e. The molecule has 0 amide bonds. The van der Waals surface area contributed by atoms with Crippen LogP contribution in [0.2, 0.25) is 0 Å². The fourth-order valence-corrected chi connectivity index (χ4v) is 9.09. The first-order valence-electron chi connectivity index (χ1n) is 12.9. The van der Waals surface area contributed by atoms with Gasteiger partial charge in [0.05, 0.1) is 0 Å². The van der Waals surface area contributed by atoms with Gasteiger partial charge in [-0.25, -0.2) is 0 Å². The minimum absolute atomic E-state index is 0.538. The van der Waals surface area contributed by atoms with Crippen molar-refractivity contribution < 1.29 is 0 Å². The van der Waals surface area contributed by atoms with Crippen molar-refractivity contribution in [2.75, 3.05) is 0 Å². The molecule has 9 unspecified atom stereocenters. The van der Waals surface area contributed by atoms with Gasteiger partial charge in [0.1, 0.15) is 0 Å². The van der Waals surface area contributed by atoms with Crippen molar-refractivity contribution in [1.82, 2.24) is 0 Å². The van der Waals surface area contributed by atoms with Crippen molar-refractivity contribution in [2.45, 2.75) is 113 Å². The lowest BCUT2D eigenvalue weighted by Gasteiger charge is -2.64. The molecule has 0 spiro atoms. The van der Waals surface area contributed by atoms with E-state index in [1.807, 2.05) is 5.92 Å². The summed E-state index contributed by atoms with van der Waals surface area (Å²) < 4.78 is 0. The summed E-state index contributed by atoms with van der Waals surface area (Å²) in [5, 5.41) is 0. The Morgan fingerprint density at radius 3 is 2.46 bits per heavy atom. The third kappa shape index (κ3) is 3.05. The van der Waals surface area contributed by atoms with E-state index in [0.717, 1.165) is 41.4 Å². The molecule has 0 aromatic rings. The molecule has 4 saturated carbocycles. The van der Waals surface area contributed by atoms with E-state index in [-0.39, 0.29) is 0 Å². The van der Waals surface area contributed by atoms with E-state index in [1.165, 1.54) is 64.2 Å². The number of unbranched alkanes of at least 4 members (excludes halogenated alkanes) is 1. The first kappa shape index (κ1) is 21.2. The fraction of sp³-hybridized carbons (Fsp3) is 0.929. The van der Waals surface area contributed by atoms with E-state index in [9.17, 15) is 0 Å². The minimum atomic E-state index is 0.538. The van der Waals surface area contributed by atoms with Crippen LogP contribution in [0.15, 0.2) is 0 Å². The molecular weight excluding hydrogens is 336 g/mol. The maximum absolute atomic E-state index is 2.74. The van der Waals surface area contributed by atoms with Crippen molar-refractivity contribution in [3.05, 3.63) is 11.8 Å². The van der Waals surface area contributed by atoms with Gasteiger partial charge in [-0.05, 0) is 103 Å². The average Bonchev–Trinajstić information content (AvgIpc) is 3.01. The molecule has 2 radical (unpaired) electrons. The molecule has 4 aliphatic rings. The van der Waals surface area contributed by atoms with Gasteiger partial charge in [-0.3, -0.25) is 0 Å². The molecule has 0 aromatic heterocycles. The van der Waals surface area contributed by atoms with Crippen molar-refractivity contribution in [1.29, 1.82) is 0 Å². The zero-order valence-corrected chi connectivity index (χ0v) is 20.1. The molecule has 0 aliphatic heterocycles. The summed E-state index contributed by atoms with van der Waals surface area (Å²) in [7, 11) is 0. The second-order valence-electron chi connectivity index (χ2n) is 12.4. The van der Waals surface area contributed by atoms with Gasteiger partial charge in [0, 0.05) is 0 Å². The molecular formula is C28H48. The SMILES string of the molecule is CCCCC(C)C1CCC2[C]3C(C)C[C]4CC(C)CCC4(C)C3CC(C)C21C. The van der Waals surface area contributed by atoms with Gasteiger partial charge >= 0.3 is 0 Å². The lowest BCUT2D eigenvalue weighted by molar-refractivity contribution is -0.0563. The zero-order valence-electron chi connectivity index (χ0n) is 20.1. The molecule has 0 heteroatoms. The molecule has 160 valence electrons. The van der Waals surface area contributed by atoms with Crippen LogP contribution in [0, 0.1) is 64.1 Å². The molecule has 0 saturated heterocycles. The molecule has 0 aromatic carbocycles. The van der Waals surface area contributed by atoms with Crippen molar-refractivity contribution in [3.63, 3.8) is 0 Å². The molecule has 9 atom stereocenters. The van der Waals surface area contributed by atoms with Crippen LogP contribution in [-0.2, 0) is 0 Å². The molecule has 4 rings (SSSR count). The summed E-state index contributed by atoms with van der Waals surface area (Å²) in [6.45, 7) is 18.1. The number of rotatable bonds is 4. The zero-order chi connectivity index (χ0) is 20.3. The first-order valence-corrected chi connectivity index (χ1v) is 12.9. The Bertz CT molecular complexity index is 550. The molecule has 4 aliphatic carbocycles. The Morgan fingerprint density at radius 2 is 1.75 bits per heavy atom. The van der Waals surface area contributed by atoms with Gasteiger partial charge in [0.2, 0.25) is 0 Å². The maximum Gasteiger partial charge on any atom is -0.0139 e. The Kier molecular flexibility index (Phi) is 5.77. The highest BCUT2D eigenvalue weighted by molar-refractivity contribution is 5.30. The Balaban J connectivity index is 1.62. The maximum atomic E-state index is 2.74. The first-order chi connectivity index (χ1) is 13.2. The van der Waals surface area contributed by atoms with Crippen molar-refractivity contribution in [2.24, 2.45) is 52.3 Å². The van der Waals surface area contributed by atoms with Gasteiger partial charge in [-0.1, -0.05) is 74.1 Å². The van der Waals surface area contributed by atoms with Crippen LogP contribution >= 0.6 is 0 Å². The van der Waals surface area contributed by atoms with Crippen LogP contribution in [0.1, 0.15) is 113 Å². The van der Waals surface area contributed by atoms with E-state index in [1.54, 1.807) is 0 Å². The minimum Gasteiger partial charge on any atom is -0.0654 e. The summed E-state index contributed by atoms with van der Waals surface area (Å²) in [6.07, 6.45) is 14.5. The Hall–Kier alpha value is 0. The quantitative estimate of drug-likeness (QED) is 0.455. The van der Waals surface area contributed by atoms with Crippen LogP contribution in [0.4, 0.5) is 0 Å².